The van der Waals surface area contributed by atoms with Crippen LogP contribution in [0.4, 0.5) is 4.39 Å². The second-order valence-electron chi connectivity index (χ2n) is 9.38. The second kappa shape index (κ2) is 8.03. The summed E-state index contributed by atoms with van der Waals surface area (Å²) in [7, 11) is 0. The molecule has 3 unspecified atom stereocenters. The molecule has 1 N–H and O–H groups in total. The molecule has 3 heterocycles. The molecule has 1 aliphatic carbocycles. The summed E-state index contributed by atoms with van der Waals surface area (Å²) < 4.78 is 17.5. The van der Waals surface area contributed by atoms with E-state index in [-0.39, 0.29) is 30.2 Å². The van der Waals surface area contributed by atoms with Crippen molar-refractivity contribution in [1.82, 2.24) is 14.8 Å². The largest absolute Gasteiger partial charge is 0.351 e. The maximum absolute atomic E-state index is 14.5. The van der Waals surface area contributed by atoms with Gasteiger partial charge in [-0.15, -0.1) is 11.3 Å². The Morgan fingerprint density at radius 2 is 2.03 bits per heavy atom. The van der Waals surface area contributed by atoms with Crippen LogP contribution >= 0.6 is 11.3 Å². The molecule has 3 atom stereocenters. The standard InChI is InChI=1S/C25H28FN3O2S/c1-16-7-3-6-10-19(16)27-24(31)25(2)15-28-20-11-12-32-22(20)13-21(28)23(30)29(25)14-17-8-4-5-9-18(17)26/h4-5,8-9,11-13,16,19H,3,6-7,10,14-15H2,1-2H3,(H,27,31). The minimum absolute atomic E-state index is 0.0501. The number of hydrogen-bond donors (Lipinski definition) is 1. The van der Waals surface area contributed by atoms with E-state index in [9.17, 15) is 14.0 Å². The minimum Gasteiger partial charge on any atom is -0.351 e. The van der Waals surface area contributed by atoms with Gasteiger partial charge in [0.1, 0.15) is 17.1 Å². The number of hydrogen-bond acceptors (Lipinski definition) is 3. The Morgan fingerprint density at radius 1 is 1.25 bits per heavy atom. The Balaban J connectivity index is 1.54. The van der Waals surface area contributed by atoms with Gasteiger partial charge in [-0.3, -0.25) is 9.59 Å². The third-order valence-electron chi connectivity index (χ3n) is 7.25. The van der Waals surface area contributed by atoms with Crippen molar-refractivity contribution in [3.8, 4) is 0 Å². The van der Waals surface area contributed by atoms with Gasteiger partial charge in [0.15, 0.2) is 0 Å². The van der Waals surface area contributed by atoms with Crippen LogP contribution in [0.2, 0.25) is 0 Å². The fourth-order valence-corrected chi connectivity index (χ4v) is 5.99. The summed E-state index contributed by atoms with van der Waals surface area (Å²) in [6, 6.07) is 10.4. The molecular formula is C25H28FN3O2S. The van der Waals surface area contributed by atoms with Crippen molar-refractivity contribution in [2.24, 2.45) is 5.92 Å². The van der Waals surface area contributed by atoms with Crippen LogP contribution in [0.5, 0.6) is 0 Å². The number of thiophene rings is 1. The van der Waals surface area contributed by atoms with Gasteiger partial charge in [-0.2, -0.15) is 0 Å². The lowest BCUT2D eigenvalue weighted by atomic mass is 9.85. The number of fused-ring (bicyclic) bond motifs is 3. The van der Waals surface area contributed by atoms with E-state index in [2.05, 4.69) is 12.2 Å². The summed E-state index contributed by atoms with van der Waals surface area (Å²) >= 11 is 1.58. The summed E-state index contributed by atoms with van der Waals surface area (Å²) in [6.45, 7) is 4.38. The van der Waals surface area contributed by atoms with Crippen LogP contribution in [-0.2, 0) is 17.9 Å². The number of aromatic nitrogens is 1. The number of carbonyl (C=O) groups excluding carboxylic acids is 2. The zero-order valence-corrected chi connectivity index (χ0v) is 19.3. The molecule has 3 aromatic rings. The first-order valence-corrected chi connectivity index (χ1v) is 12.2. The highest BCUT2D eigenvalue weighted by Crippen LogP contribution is 2.36. The van der Waals surface area contributed by atoms with Crippen LogP contribution in [0.3, 0.4) is 0 Å². The van der Waals surface area contributed by atoms with Gasteiger partial charge < -0.3 is 14.8 Å². The van der Waals surface area contributed by atoms with E-state index in [1.54, 1.807) is 34.4 Å². The van der Waals surface area contributed by atoms with Crippen molar-refractivity contribution >= 4 is 33.4 Å². The Labute approximate surface area is 191 Å². The first-order chi connectivity index (χ1) is 15.4. The molecule has 1 saturated carbocycles. The molecule has 1 aromatic carbocycles. The Bertz CT molecular complexity index is 1190. The zero-order valence-electron chi connectivity index (χ0n) is 18.4. The molecule has 1 fully saturated rings. The highest BCUT2D eigenvalue weighted by atomic mass is 32.1. The smallest absolute Gasteiger partial charge is 0.271 e. The maximum Gasteiger partial charge on any atom is 0.271 e. The Kier molecular flexibility index (Phi) is 5.32. The second-order valence-corrected chi connectivity index (χ2v) is 10.3. The van der Waals surface area contributed by atoms with Crippen molar-refractivity contribution in [2.45, 2.75) is 64.2 Å². The van der Waals surface area contributed by atoms with Crippen molar-refractivity contribution in [3.05, 3.63) is 58.9 Å². The summed E-state index contributed by atoms with van der Waals surface area (Å²) in [5.74, 6) is -0.367. The van der Waals surface area contributed by atoms with Crippen LogP contribution < -0.4 is 5.32 Å². The van der Waals surface area contributed by atoms with Gasteiger partial charge in [-0.05, 0) is 49.3 Å². The van der Waals surface area contributed by atoms with Crippen molar-refractivity contribution in [2.75, 3.05) is 0 Å². The van der Waals surface area contributed by atoms with Gasteiger partial charge in [0, 0.05) is 11.6 Å². The van der Waals surface area contributed by atoms with Gasteiger partial charge >= 0.3 is 0 Å². The lowest BCUT2D eigenvalue weighted by Gasteiger charge is -2.45. The predicted octanol–water partition coefficient (Wildman–Crippen LogP) is 4.95. The average molecular weight is 454 g/mol. The molecule has 2 aliphatic rings. The zero-order chi connectivity index (χ0) is 22.5. The summed E-state index contributed by atoms with van der Waals surface area (Å²) in [5, 5.41) is 5.25. The first kappa shape index (κ1) is 21.2. The van der Waals surface area contributed by atoms with Crippen molar-refractivity contribution < 1.29 is 14.0 Å². The van der Waals surface area contributed by atoms with Crippen LogP contribution in [0.1, 0.15) is 55.6 Å². The van der Waals surface area contributed by atoms with E-state index in [4.69, 9.17) is 0 Å². The van der Waals surface area contributed by atoms with Gasteiger partial charge in [-0.25, -0.2) is 4.39 Å². The van der Waals surface area contributed by atoms with E-state index in [1.807, 2.05) is 29.0 Å². The SMILES string of the molecule is CC1CCCCC1NC(=O)C1(C)Cn2c(cc3sccc32)C(=O)N1Cc1ccccc1F. The topological polar surface area (TPSA) is 54.3 Å². The molecule has 0 spiro atoms. The summed E-state index contributed by atoms with van der Waals surface area (Å²) in [4.78, 5) is 29.0. The number of benzene rings is 1. The first-order valence-electron chi connectivity index (χ1n) is 11.3. The number of halogens is 1. The summed E-state index contributed by atoms with van der Waals surface area (Å²) in [5.41, 5.74) is 0.804. The van der Waals surface area contributed by atoms with Crippen molar-refractivity contribution in [3.63, 3.8) is 0 Å². The molecule has 0 radical (unpaired) electrons. The van der Waals surface area contributed by atoms with Gasteiger partial charge in [-0.1, -0.05) is 38.0 Å². The summed E-state index contributed by atoms with van der Waals surface area (Å²) in [6.07, 6.45) is 4.33. The third-order valence-corrected chi connectivity index (χ3v) is 8.11. The number of carbonyl (C=O) groups is 2. The number of rotatable bonds is 4. The lowest BCUT2D eigenvalue weighted by molar-refractivity contribution is -0.134. The van der Waals surface area contributed by atoms with Crippen LogP contribution in [-0.4, -0.2) is 32.9 Å². The van der Waals surface area contributed by atoms with Gasteiger partial charge in [0.25, 0.3) is 5.91 Å². The van der Waals surface area contributed by atoms with Crippen LogP contribution in [0.25, 0.3) is 10.2 Å². The molecule has 32 heavy (non-hydrogen) atoms. The molecule has 7 heteroatoms. The van der Waals surface area contributed by atoms with Crippen LogP contribution in [0.15, 0.2) is 41.8 Å². The van der Waals surface area contributed by atoms with E-state index in [1.165, 1.54) is 12.5 Å². The molecule has 0 bridgehead atoms. The monoisotopic (exact) mass is 453 g/mol. The molecule has 2 aromatic heterocycles. The molecule has 168 valence electrons. The highest BCUT2D eigenvalue weighted by molar-refractivity contribution is 7.17. The number of nitrogens with one attached hydrogen (secondary N) is 1. The van der Waals surface area contributed by atoms with Gasteiger partial charge in [0.05, 0.1) is 23.3 Å². The maximum atomic E-state index is 14.5. The molecule has 0 saturated heterocycles. The fourth-order valence-electron chi connectivity index (χ4n) is 5.17. The normalized spacial score (nSPS) is 25.7. The quantitative estimate of drug-likeness (QED) is 0.608. The van der Waals surface area contributed by atoms with E-state index in [0.717, 1.165) is 29.5 Å². The molecular weight excluding hydrogens is 425 g/mol. The van der Waals surface area contributed by atoms with E-state index >= 15 is 0 Å². The predicted molar refractivity (Wildman–Crippen MR) is 124 cm³/mol. The number of nitrogens with zero attached hydrogens (tertiary/aromatic N) is 2. The van der Waals surface area contributed by atoms with E-state index in [0.29, 0.717) is 23.7 Å². The highest BCUT2D eigenvalue weighted by Gasteiger charge is 2.48. The number of amides is 2. The average Bonchev–Trinajstić information content (AvgIpc) is 3.36. The third kappa shape index (κ3) is 3.43. The molecule has 5 nitrogen and oxygen atoms in total. The van der Waals surface area contributed by atoms with Gasteiger partial charge in [0.2, 0.25) is 5.91 Å². The Hall–Kier alpha value is -2.67. The Morgan fingerprint density at radius 3 is 2.81 bits per heavy atom. The fraction of sp³-hybridized carbons (Fsp3) is 0.440. The molecule has 5 rings (SSSR count). The molecule has 1 aliphatic heterocycles. The van der Waals surface area contributed by atoms with Crippen molar-refractivity contribution in [1.29, 1.82) is 0 Å². The van der Waals surface area contributed by atoms with Crippen LogP contribution in [0, 0.1) is 11.7 Å². The molecule has 2 amide bonds. The lowest BCUT2D eigenvalue weighted by Crippen LogP contribution is -2.65. The minimum atomic E-state index is -1.13. The van der Waals surface area contributed by atoms with E-state index < -0.39 is 5.54 Å².